The molecule has 1 aromatic carbocycles. The SMILES string of the molecule is Cc1ccccc1C(=O)NC1CCN(C(=O)C(C)NC(=O)c2ccco2)CC1. The molecule has 0 aliphatic carbocycles. The fraction of sp³-hybridized carbons (Fsp3) is 0.381. The maximum atomic E-state index is 12.6. The molecule has 1 atom stereocenters. The van der Waals surface area contributed by atoms with Gasteiger partial charge in [-0.2, -0.15) is 0 Å². The predicted molar refractivity (Wildman–Crippen MR) is 104 cm³/mol. The fourth-order valence-electron chi connectivity index (χ4n) is 3.35. The summed E-state index contributed by atoms with van der Waals surface area (Å²) in [6.07, 6.45) is 2.78. The average molecular weight is 383 g/mol. The first-order chi connectivity index (χ1) is 13.5. The molecule has 1 unspecified atom stereocenters. The molecule has 3 rings (SSSR count). The van der Waals surface area contributed by atoms with Gasteiger partial charge in [0.05, 0.1) is 6.26 Å². The molecule has 0 bridgehead atoms. The summed E-state index contributed by atoms with van der Waals surface area (Å²) in [6, 6.07) is 10.0. The molecule has 3 amide bonds. The van der Waals surface area contributed by atoms with E-state index in [-0.39, 0.29) is 23.6 Å². The van der Waals surface area contributed by atoms with E-state index in [0.29, 0.717) is 31.5 Å². The largest absolute Gasteiger partial charge is 0.459 e. The zero-order valence-electron chi connectivity index (χ0n) is 16.1. The van der Waals surface area contributed by atoms with E-state index in [1.54, 1.807) is 24.0 Å². The van der Waals surface area contributed by atoms with Crippen LogP contribution in [0.15, 0.2) is 47.1 Å². The number of piperidine rings is 1. The maximum Gasteiger partial charge on any atom is 0.287 e. The van der Waals surface area contributed by atoms with Crippen molar-refractivity contribution in [2.75, 3.05) is 13.1 Å². The predicted octanol–water partition coefficient (Wildman–Crippen LogP) is 2.13. The van der Waals surface area contributed by atoms with Gasteiger partial charge in [0.25, 0.3) is 11.8 Å². The molecule has 2 N–H and O–H groups in total. The van der Waals surface area contributed by atoms with Gasteiger partial charge in [-0.3, -0.25) is 14.4 Å². The summed E-state index contributed by atoms with van der Waals surface area (Å²) >= 11 is 0. The third-order valence-corrected chi connectivity index (χ3v) is 4.99. The lowest BCUT2D eigenvalue weighted by atomic mass is 10.0. The number of furan rings is 1. The van der Waals surface area contributed by atoms with Crippen molar-refractivity contribution < 1.29 is 18.8 Å². The van der Waals surface area contributed by atoms with Crippen LogP contribution < -0.4 is 10.6 Å². The molecule has 1 aliphatic heterocycles. The van der Waals surface area contributed by atoms with E-state index >= 15 is 0 Å². The van der Waals surface area contributed by atoms with Crippen LogP contribution in [0, 0.1) is 6.92 Å². The van der Waals surface area contributed by atoms with E-state index in [1.165, 1.54) is 6.26 Å². The number of amides is 3. The maximum absolute atomic E-state index is 12.6. The van der Waals surface area contributed by atoms with Crippen molar-refractivity contribution in [2.45, 2.75) is 38.8 Å². The number of nitrogens with one attached hydrogen (secondary N) is 2. The van der Waals surface area contributed by atoms with Crippen molar-refractivity contribution in [3.8, 4) is 0 Å². The third kappa shape index (κ3) is 4.60. The summed E-state index contributed by atoms with van der Waals surface area (Å²) in [5.41, 5.74) is 1.61. The van der Waals surface area contributed by atoms with Crippen LogP contribution in [0.4, 0.5) is 0 Å². The van der Waals surface area contributed by atoms with Crippen molar-refractivity contribution in [3.05, 3.63) is 59.5 Å². The number of hydrogen-bond acceptors (Lipinski definition) is 4. The van der Waals surface area contributed by atoms with Gasteiger partial charge in [0.15, 0.2) is 5.76 Å². The highest BCUT2D eigenvalue weighted by atomic mass is 16.3. The Morgan fingerprint density at radius 2 is 1.79 bits per heavy atom. The number of likely N-dealkylation sites (tertiary alicyclic amines) is 1. The van der Waals surface area contributed by atoms with E-state index in [0.717, 1.165) is 5.56 Å². The lowest BCUT2D eigenvalue weighted by molar-refractivity contribution is -0.133. The Morgan fingerprint density at radius 3 is 2.43 bits per heavy atom. The van der Waals surface area contributed by atoms with E-state index in [1.807, 2.05) is 31.2 Å². The fourth-order valence-corrected chi connectivity index (χ4v) is 3.35. The van der Waals surface area contributed by atoms with E-state index in [9.17, 15) is 14.4 Å². The van der Waals surface area contributed by atoms with Gasteiger partial charge in [-0.1, -0.05) is 18.2 Å². The van der Waals surface area contributed by atoms with Crippen LogP contribution in [-0.2, 0) is 4.79 Å². The molecule has 2 aromatic rings. The number of carbonyl (C=O) groups is 3. The summed E-state index contributed by atoms with van der Waals surface area (Å²) in [6.45, 7) is 4.65. The molecular formula is C21H25N3O4. The number of carbonyl (C=O) groups excluding carboxylic acids is 3. The van der Waals surface area contributed by atoms with Crippen LogP contribution in [-0.4, -0.2) is 47.8 Å². The molecule has 1 fully saturated rings. The first-order valence-electron chi connectivity index (χ1n) is 9.45. The van der Waals surface area contributed by atoms with Gasteiger partial charge in [-0.05, 0) is 50.5 Å². The first-order valence-corrected chi connectivity index (χ1v) is 9.45. The molecule has 2 heterocycles. The first kappa shape index (κ1) is 19.7. The molecular weight excluding hydrogens is 358 g/mol. The minimum Gasteiger partial charge on any atom is -0.459 e. The van der Waals surface area contributed by atoms with Crippen molar-refractivity contribution >= 4 is 17.7 Å². The summed E-state index contributed by atoms with van der Waals surface area (Å²) < 4.78 is 5.04. The van der Waals surface area contributed by atoms with Crippen LogP contribution in [0.2, 0.25) is 0 Å². The monoisotopic (exact) mass is 383 g/mol. The molecule has 148 valence electrons. The Kier molecular flexibility index (Phi) is 6.13. The van der Waals surface area contributed by atoms with Crippen LogP contribution in [0.3, 0.4) is 0 Å². The number of hydrogen-bond donors (Lipinski definition) is 2. The van der Waals surface area contributed by atoms with Crippen molar-refractivity contribution in [1.82, 2.24) is 15.5 Å². The van der Waals surface area contributed by atoms with Gasteiger partial charge in [0.2, 0.25) is 5.91 Å². The number of aryl methyl sites for hydroxylation is 1. The second-order valence-corrected chi connectivity index (χ2v) is 7.06. The Bertz CT molecular complexity index is 839. The number of nitrogens with zero attached hydrogens (tertiary/aromatic N) is 1. The molecule has 0 spiro atoms. The summed E-state index contributed by atoms with van der Waals surface area (Å²) in [4.78, 5) is 38.8. The summed E-state index contributed by atoms with van der Waals surface area (Å²) in [7, 11) is 0. The molecule has 1 saturated heterocycles. The van der Waals surface area contributed by atoms with Crippen LogP contribution >= 0.6 is 0 Å². The quantitative estimate of drug-likeness (QED) is 0.827. The number of rotatable bonds is 5. The molecule has 0 saturated carbocycles. The highest BCUT2D eigenvalue weighted by Gasteiger charge is 2.28. The Balaban J connectivity index is 1.48. The van der Waals surface area contributed by atoms with Crippen LogP contribution in [0.1, 0.15) is 46.2 Å². The van der Waals surface area contributed by atoms with Crippen molar-refractivity contribution in [2.24, 2.45) is 0 Å². The van der Waals surface area contributed by atoms with Crippen molar-refractivity contribution in [3.63, 3.8) is 0 Å². The van der Waals surface area contributed by atoms with Crippen LogP contribution in [0.25, 0.3) is 0 Å². The Labute approximate surface area is 164 Å². The zero-order chi connectivity index (χ0) is 20.1. The molecule has 1 aromatic heterocycles. The topological polar surface area (TPSA) is 91.7 Å². The molecule has 7 nitrogen and oxygen atoms in total. The lowest BCUT2D eigenvalue weighted by Gasteiger charge is -2.34. The smallest absolute Gasteiger partial charge is 0.287 e. The molecule has 1 aliphatic rings. The second kappa shape index (κ2) is 8.73. The number of benzene rings is 1. The van der Waals surface area contributed by atoms with Gasteiger partial charge in [0.1, 0.15) is 6.04 Å². The van der Waals surface area contributed by atoms with Crippen molar-refractivity contribution in [1.29, 1.82) is 0 Å². The molecule has 0 radical (unpaired) electrons. The van der Waals surface area contributed by atoms with Crippen LogP contribution in [0.5, 0.6) is 0 Å². The lowest BCUT2D eigenvalue weighted by Crippen LogP contribution is -2.52. The average Bonchev–Trinajstić information content (AvgIpc) is 3.23. The van der Waals surface area contributed by atoms with Gasteiger partial charge < -0.3 is 20.0 Å². The Morgan fingerprint density at radius 1 is 1.07 bits per heavy atom. The molecule has 28 heavy (non-hydrogen) atoms. The third-order valence-electron chi connectivity index (χ3n) is 4.99. The van der Waals surface area contributed by atoms with Gasteiger partial charge >= 0.3 is 0 Å². The summed E-state index contributed by atoms with van der Waals surface area (Å²) in [5.74, 6) is -0.450. The van der Waals surface area contributed by atoms with E-state index in [2.05, 4.69) is 10.6 Å². The highest BCUT2D eigenvalue weighted by Crippen LogP contribution is 2.14. The standard InChI is InChI=1S/C21H25N3O4/c1-14-6-3-4-7-17(14)19(25)23-16-9-11-24(12-10-16)21(27)15(2)22-20(26)18-8-5-13-28-18/h3-8,13,15-16H,9-12H2,1-2H3,(H,22,26)(H,23,25). The van der Waals surface area contributed by atoms with Gasteiger partial charge in [-0.15, -0.1) is 0 Å². The Hall–Kier alpha value is -3.09. The zero-order valence-corrected chi connectivity index (χ0v) is 16.1. The highest BCUT2D eigenvalue weighted by molar-refractivity contribution is 5.96. The van der Waals surface area contributed by atoms with Gasteiger partial charge in [0, 0.05) is 24.7 Å². The normalized spacial score (nSPS) is 15.7. The minimum atomic E-state index is -0.643. The van der Waals surface area contributed by atoms with E-state index in [4.69, 9.17) is 4.42 Å². The van der Waals surface area contributed by atoms with Gasteiger partial charge in [-0.25, -0.2) is 0 Å². The minimum absolute atomic E-state index is 0.0316. The summed E-state index contributed by atoms with van der Waals surface area (Å²) in [5, 5.41) is 5.71. The van der Waals surface area contributed by atoms with E-state index < -0.39 is 11.9 Å². The second-order valence-electron chi connectivity index (χ2n) is 7.06. The molecule has 7 heteroatoms.